The molecule has 0 fully saturated rings. The summed E-state index contributed by atoms with van der Waals surface area (Å²) in [6.45, 7) is 3.78. The maximum atomic E-state index is 13.5. The molecule has 0 aliphatic carbocycles. The first-order valence-corrected chi connectivity index (χ1v) is 17.0. The highest BCUT2D eigenvalue weighted by atomic mass is 32.2. The zero-order valence-electron chi connectivity index (χ0n) is 26.6. The molecule has 0 saturated carbocycles. The predicted octanol–water partition coefficient (Wildman–Crippen LogP) is 6.72. The van der Waals surface area contributed by atoms with E-state index in [2.05, 4.69) is 22.2 Å². The Morgan fingerprint density at radius 3 is 1.66 bits per heavy atom. The minimum atomic E-state index is -3.82. The second kappa shape index (κ2) is 15.0. The van der Waals surface area contributed by atoms with E-state index in [4.69, 9.17) is 0 Å². The molecule has 0 heterocycles. The molecule has 240 valence electrons. The third-order valence-electron chi connectivity index (χ3n) is 8.33. The summed E-state index contributed by atoms with van der Waals surface area (Å²) in [6, 6.07) is 41.8. The van der Waals surface area contributed by atoms with E-state index >= 15 is 0 Å². The molecule has 0 aliphatic rings. The Hall–Kier alpha value is -5.05. The first-order chi connectivity index (χ1) is 22.7. The molecule has 0 radical (unpaired) electrons. The predicted molar refractivity (Wildman–Crippen MR) is 186 cm³/mol. The molecular weight excluding hydrogens is 607 g/mol. The highest BCUT2D eigenvalue weighted by Crippen LogP contribution is 2.23. The van der Waals surface area contributed by atoms with Gasteiger partial charge in [-0.05, 0) is 84.3 Å². The van der Waals surface area contributed by atoms with Crippen LogP contribution in [0.5, 0.6) is 0 Å². The summed E-state index contributed by atoms with van der Waals surface area (Å²) in [7, 11) is -3.82. The van der Waals surface area contributed by atoms with Crippen LogP contribution >= 0.6 is 0 Å². The Labute approximate surface area is 277 Å². The van der Waals surface area contributed by atoms with E-state index in [0.717, 1.165) is 33.4 Å². The molecule has 5 rings (SSSR count). The van der Waals surface area contributed by atoms with Crippen LogP contribution < -0.4 is 10.0 Å². The van der Waals surface area contributed by atoms with Gasteiger partial charge in [0, 0.05) is 18.8 Å². The fourth-order valence-corrected chi connectivity index (χ4v) is 6.36. The topological polar surface area (TPSA) is 95.6 Å². The first kappa shape index (κ1) is 33.3. The summed E-state index contributed by atoms with van der Waals surface area (Å²) in [5, 5.41) is 2.85. The van der Waals surface area contributed by atoms with Gasteiger partial charge in [0.05, 0.1) is 4.90 Å². The van der Waals surface area contributed by atoms with Crippen molar-refractivity contribution in [2.24, 2.45) is 0 Å². The van der Waals surface area contributed by atoms with Crippen molar-refractivity contribution in [2.75, 3.05) is 5.32 Å². The number of hydrogen-bond acceptors (Lipinski definition) is 4. The lowest BCUT2D eigenvalue weighted by Crippen LogP contribution is -2.51. The number of carbonyl (C=O) groups is 2. The van der Waals surface area contributed by atoms with E-state index in [-0.39, 0.29) is 18.0 Å². The standard InChI is InChI=1S/C39H39N3O4S/c1-39(2,42(29-43)28-35-20-12-10-18-33(35)26-31-15-7-4-8-16-31)38(44)41-36-21-23-37(24-22-36)47(45,46)40-27-34-19-11-9-17-32(34)25-30-13-5-3-6-14-30/h3-24,29,40H,25-28H2,1-2H3,(H,41,44). The number of sulfonamides is 1. The van der Waals surface area contributed by atoms with Gasteiger partial charge < -0.3 is 10.2 Å². The van der Waals surface area contributed by atoms with Crippen molar-refractivity contribution in [3.63, 3.8) is 0 Å². The van der Waals surface area contributed by atoms with Crippen LogP contribution in [0.2, 0.25) is 0 Å². The van der Waals surface area contributed by atoms with Gasteiger partial charge in [-0.25, -0.2) is 13.1 Å². The minimum Gasteiger partial charge on any atom is -0.327 e. The number of hydrogen-bond donors (Lipinski definition) is 2. The van der Waals surface area contributed by atoms with Crippen LogP contribution in [0, 0.1) is 0 Å². The average Bonchev–Trinajstić information content (AvgIpc) is 3.08. The van der Waals surface area contributed by atoms with E-state index in [0.29, 0.717) is 24.9 Å². The van der Waals surface area contributed by atoms with Crippen LogP contribution in [0.4, 0.5) is 5.69 Å². The summed E-state index contributed by atoms with van der Waals surface area (Å²) in [6.07, 6.45) is 2.10. The lowest BCUT2D eigenvalue weighted by molar-refractivity contribution is -0.135. The first-order valence-electron chi connectivity index (χ1n) is 15.5. The van der Waals surface area contributed by atoms with Gasteiger partial charge in [-0.15, -0.1) is 0 Å². The maximum Gasteiger partial charge on any atom is 0.249 e. The quantitative estimate of drug-likeness (QED) is 0.131. The largest absolute Gasteiger partial charge is 0.327 e. The summed E-state index contributed by atoms with van der Waals surface area (Å²) in [4.78, 5) is 27.3. The fraction of sp³-hybridized carbons (Fsp3) is 0.179. The molecule has 47 heavy (non-hydrogen) atoms. The second-order valence-electron chi connectivity index (χ2n) is 12.0. The number of carbonyl (C=O) groups excluding carboxylic acids is 2. The molecule has 0 aromatic heterocycles. The van der Waals surface area contributed by atoms with Crippen molar-refractivity contribution in [2.45, 2.75) is 50.2 Å². The Morgan fingerprint density at radius 1 is 0.660 bits per heavy atom. The second-order valence-corrected chi connectivity index (χ2v) is 13.7. The maximum absolute atomic E-state index is 13.5. The fourth-order valence-electron chi connectivity index (χ4n) is 5.36. The third kappa shape index (κ3) is 8.61. The van der Waals surface area contributed by atoms with Crippen LogP contribution in [-0.4, -0.2) is 31.2 Å². The molecule has 0 bridgehead atoms. The van der Waals surface area contributed by atoms with Crippen molar-refractivity contribution in [3.8, 4) is 0 Å². The van der Waals surface area contributed by atoms with Gasteiger partial charge in [0.1, 0.15) is 5.54 Å². The molecule has 5 aromatic rings. The molecule has 0 atom stereocenters. The van der Waals surface area contributed by atoms with Gasteiger partial charge in [0.25, 0.3) is 0 Å². The number of nitrogens with zero attached hydrogens (tertiary/aromatic N) is 1. The van der Waals surface area contributed by atoms with Gasteiger partial charge >= 0.3 is 0 Å². The van der Waals surface area contributed by atoms with Crippen LogP contribution in [0.15, 0.2) is 138 Å². The molecule has 2 amide bonds. The Bertz CT molecular complexity index is 1910. The lowest BCUT2D eigenvalue weighted by atomic mass is 9.96. The van der Waals surface area contributed by atoms with E-state index in [9.17, 15) is 18.0 Å². The van der Waals surface area contributed by atoms with Crippen LogP contribution in [0.3, 0.4) is 0 Å². The highest BCUT2D eigenvalue weighted by Gasteiger charge is 2.34. The van der Waals surface area contributed by atoms with Crippen LogP contribution in [0.1, 0.15) is 47.2 Å². The van der Waals surface area contributed by atoms with Gasteiger partial charge in [0.2, 0.25) is 22.3 Å². The number of nitrogens with one attached hydrogen (secondary N) is 2. The van der Waals surface area contributed by atoms with Crippen LogP contribution in [-0.2, 0) is 45.5 Å². The van der Waals surface area contributed by atoms with E-state index in [1.165, 1.54) is 17.0 Å². The molecule has 0 unspecified atom stereocenters. The van der Waals surface area contributed by atoms with Crippen molar-refractivity contribution >= 4 is 28.0 Å². The Balaban J connectivity index is 1.22. The molecule has 5 aromatic carbocycles. The van der Waals surface area contributed by atoms with Gasteiger partial charge in [-0.2, -0.15) is 0 Å². The molecule has 0 spiro atoms. The summed E-state index contributed by atoms with van der Waals surface area (Å²) in [5.74, 6) is -0.395. The van der Waals surface area contributed by atoms with Crippen molar-refractivity contribution in [3.05, 3.63) is 167 Å². The normalized spacial score (nSPS) is 11.5. The third-order valence-corrected chi connectivity index (χ3v) is 9.75. The highest BCUT2D eigenvalue weighted by molar-refractivity contribution is 7.89. The monoisotopic (exact) mass is 645 g/mol. The Kier molecular flexibility index (Phi) is 10.7. The van der Waals surface area contributed by atoms with Crippen LogP contribution in [0.25, 0.3) is 0 Å². The van der Waals surface area contributed by atoms with Gasteiger partial charge in [0.15, 0.2) is 0 Å². The number of anilines is 1. The van der Waals surface area contributed by atoms with Gasteiger partial charge in [-0.1, -0.05) is 109 Å². The summed E-state index contributed by atoms with van der Waals surface area (Å²) < 4.78 is 29.0. The number of rotatable bonds is 14. The molecule has 7 nitrogen and oxygen atoms in total. The number of amides is 2. The molecule has 0 aliphatic heterocycles. The molecule has 2 N–H and O–H groups in total. The van der Waals surface area contributed by atoms with Crippen molar-refractivity contribution < 1.29 is 18.0 Å². The average molecular weight is 646 g/mol. The zero-order valence-corrected chi connectivity index (χ0v) is 27.4. The Morgan fingerprint density at radius 2 is 1.13 bits per heavy atom. The molecule has 8 heteroatoms. The lowest BCUT2D eigenvalue weighted by Gasteiger charge is -2.35. The number of benzene rings is 5. The minimum absolute atomic E-state index is 0.0832. The van der Waals surface area contributed by atoms with Crippen molar-refractivity contribution in [1.82, 2.24) is 9.62 Å². The van der Waals surface area contributed by atoms with E-state index < -0.39 is 21.5 Å². The van der Waals surface area contributed by atoms with Gasteiger partial charge in [-0.3, -0.25) is 9.59 Å². The van der Waals surface area contributed by atoms with E-state index in [1.54, 1.807) is 26.0 Å². The molecular formula is C39H39N3O4S. The summed E-state index contributed by atoms with van der Waals surface area (Å²) in [5.41, 5.74) is 5.50. The zero-order chi connectivity index (χ0) is 33.3. The van der Waals surface area contributed by atoms with E-state index in [1.807, 2.05) is 97.1 Å². The van der Waals surface area contributed by atoms with Crippen molar-refractivity contribution in [1.29, 1.82) is 0 Å². The summed E-state index contributed by atoms with van der Waals surface area (Å²) >= 11 is 0. The molecule has 0 saturated heterocycles. The SMILES string of the molecule is CC(C)(C(=O)Nc1ccc(S(=O)(=O)NCc2ccccc2Cc2ccccc2)cc1)N(C=O)Cc1ccccc1Cc1ccccc1. The smallest absolute Gasteiger partial charge is 0.249 e.